The average molecular weight is 190 g/mol. The summed E-state index contributed by atoms with van der Waals surface area (Å²) in [7, 11) is 0. The monoisotopic (exact) mass is 190 g/mol. The molecule has 0 aliphatic heterocycles. The smallest absolute Gasteiger partial charge is 0.416 e. The third kappa shape index (κ3) is 2.35. The maximum absolute atomic E-state index is 12.1. The Labute approximate surface area is 72.8 Å². The summed E-state index contributed by atoms with van der Waals surface area (Å²) in [4.78, 5) is 0. The molecule has 0 atom stereocenters. The third-order valence-electron chi connectivity index (χ3n) is 1.50. The van der Waals surface area contributed by atoms with Crippen molar-refractivity contribution < 1.29 is 18.3 Å². The minimum absolute atomic E-state index is 0.0971. The van der Waals surface area contributed by atoms with Crippen LogP contribution in [-0.2, 0) is 12.8 Å². The van der Waals surface area contributed by atoms with E-state index < -0.39 is 18.3 Å². The highest BCUT2D eigenvalue weighted by molar-refractivity contribution is 5.48. The molecule has 1 rings (SSSR count). The number of halogens is 3. The largest absolute Gasteiger partial charge is 0.699 e. The molecule has 13 heavy (non-hydrogen) atoms. The zero-order chi connectivity index (χ0) is 10.1. The Bertz CT molecular complexity index is 309. The Kier molecular flexibility index (Phi) is 2.47. The number of alkyl halides is 3. The first-order valence-electron chi connectivity index (χ1n) is 3.47. The van der Waals surface area contributed by atoms with Crippen LogP contribution in [0.4, 0.5) is 18.9 Å². The summed E-state index contributed by atoms with van der Waals surface area (Å²) in [6, 6.07) is 2.74. The van der Waals surface area contributed by atoms with Gasteiger partial charge in [-0.3, -0.25) is 0 Å². The van der Waals surface area contributed by atoms with Crippen molar-refractivity contribution >= 4 is 5.69 Å². The van der Waals surface area contributed by atoms with Gasteiger partial charge in [-0.1, -0.05) is 12.1 Å². The number of nitrogens with one attached hydrogen (secondary N) is 1. The van der Waals surface area contributed by atoms with E-state index in [9.17, 15) is 13.2 Å². The SMILES string of the molecule is [NH-]c1cc(CO)cc(C(F)(F)F)c1. The third-order valence-corrected chi connectivity index (χ3v) is 1.50. The zero-order valence-corrected chi connectivity index (χ0v) is 6.52. The van der Waals surface area contributed by atoms with E-state index in [0.717, 1.165) is 12.1 Å². The van der Waals surface area contributed by atoms with Crippen molar-refractivity contribution in [3.05, 3.63) is 35.1 Å². The molecule has 0 radical (unpaired) electrons. The molecule has 0 unspecified atom stereocenters. The van der Waals surface area contributed by atoms with Crippen LogP contribution in [0.2, 0.25) is 0 Å². The Morgan fingerprint density at radius 1 is 1.23 bits per heavy atom. The number of aliphatic hydroxyl groups excluding tert-OH is 1. The molecule has 5 heteroatoms. The van der Waals surface area contributed by atoms with Gasteiger partial charge < -0.3 is 10.8 Å². The first kappa shape index (κ1) is 9.85. The van der Waals surface area contributed by atoms with Crippen molar-refractivity contribution in [2.24, 2.45) is 0 Å². The lowest BCUT2D eigenvalue weighted by molar-refractivity contribution is -0.137. The van der Waals surface area contributed by atoms with Gasteiger partial charge in [0.25, 0.3) is 0 Å². The minimum Gasteiger partial charge on any atom is -0.699 e. The fraction of sp³-hybridized carbons (Fsp3) is 0.250. The molecule has 0 amide bonds. The molecular weight excluding hydrogens is 183 g/mol. The van der Waals surface area contributed by atoms with Crippen LogP contribution in [0.5, 0.6) is 0 Å². The van der Waals surface area contributed by atoms with Crippen molar-refractivity contribution in [1.82, 2.24) is 0 Å². The lowest BCUT2D eigenvalue weighted by Crippen LogP contribution is -2.05. The molecule has 1 aromatic carbocycles. The summed E-state index contributed by atoms with van der Waals surface area (Å²) in [5, 5.41) is 8.60. The van der Waals surface area contributed by atoms with Crippen LogP contribution in [-0.4, -0.2) is 5.11 Å². The van der Waals surface area contributed by atoms with Crippen LogP contribution in [0.25, 0.3) is 5.73 Å². The molecule has 0 spiro atoms. The van der Waals surface area contributed by atoms with Crippen molar-refractivity contribution in [3.63, 3.8) is 0 Å². The van der Waals surface area contributed by atoms with Crippen LogP contribution >= 0.6 is 0 Å². The van der Waals surface area contributed by atoms with E-state index in [1.807, 2.05) is 0 Å². The summed E-state index contributed by atoms with van der Waals surface area (Å²) in [5.41, 5.74) is 6.00. The number of aliphatic hydroxyl groups is 1. The molecule has 0 aliphatic carbocycles. The van der Waals surface area contributed by atoms with Crippen molar-refractivity contribution in [3.8, 4) is 0 Å². The fourth-order valence-corrected chi connectivity index (χ4v) is 0.947. The lowest BCUT2D eigenvalue weighted by Gasteiger charge is -2.12. The Morgan fingerprint density at radius 2 is 1.85 bits per heavy atom. The topological polar surface area (TPSA) is 44.0 Å². The normalized spacial score (nSPS) is 11.7. The van der Waals surface area contributed by atoms with Gasteiger partial charge in [0.05, 0.1) is 12.2 Å². The summed E-state index contributed by atoms with van der Waals surface area (Å²) in [6.07, 6.45) is -4.46. The first-order valence-corrected chi connectivity index (χ1v) is 3.47. The molecular formula is C8H7F3NO-. The minimum atomic E-state index is -4.46. The quantitative estimate of drug-likeness (QED) is 0.726. The van der Waals surface area contributed by atoms with E-state index in [4.69, 9.17) is 10.8 Å². The number of hydrogen-bond acceptors (Lipinski definition) is 1. The molecule has 0 aliphatic rings. The van der Waals surface area contributed by atoms with Crippen molar-refractivity contribution in [2.75, 3.05) is 0 Å². The molecule has 0 aromatic heterocycles. The standard InChI is InChI=1S/C8H7F3NO/c9-8(10,11)6-1-5(4-13)2-7(12)3-6/h1-3,12-13H,4H2/q-1. The van der Waals surface area contributed by atoms with E-state index in [0.29, 0.717) is 0 Å². The van der Waals surface area contributed by atoms with Crippen LogP contribution in [0, 0.1) is 0 Å². The molecule has 2 N–H and O–H groups in total. The van der Waals surface area contributed by atoms with Crippen LogP contribution in [0.15, 0.2) is 18.2 Å². The number of benzene rings is 1. The predicted octanol–water partition coefficient (Wildman–Crippen LogP) is 2.88. The molecule has 2 nitrogen and oxygen atoms in total. The van der Waals surface area contributed by atoms with Gasteiger partial charge in [0.1, 0.15) is 0 Å². The maximum atomic E-state index is 12.1. The lowest BCUT2D eigenvalue weighted by atomic mass is 10.1. The molecule has 0 heterocycles. The highest BCUT2D eigenvalue weighted by Gasteiger charge is 2.30. The summed E-state index contributed by atoms with van der Waals surface area (Å²) in [6.45, 7) is -0.490. The highest BCUT2D eigenvalue weighted by Crippen LogP contribution is 2.32. The van der Waals surface area contributed by atoms with Gasteiger partial charge in [0.2, 0.25) is 0 Å². The molecule has 0 bridgehead atoms. The maximum Gasteiger partial charge on any atom is 0.416 e. The first-order chi connectivity index (χ1) is 5.93. The highest BCUT2D eigenvalue weighted by atomic mass is 19.4. The summed E-state index contributed by atoms with van der Waals surface area (Å²) >= 11 is 0. The van der Waals surface area contributed by atoms with E-state index in [2.05, 4.69) is 0 Å². The van der Waals surface area contributed by atoms with Crippen molar-refractivity contribution in [1.29, 1.82) is 0 Å². The van der Waals surface area contributed by atoms with E-state index >= 15 is 0 Å². The van der Waals surface area contributed by atoms with Crippen LogP contribution in [0.1, 0.15) is 11.1 Å². The summed E-state index contributed by atoms with van der Waals surface area (Å²) < 4.78 is 36.4. The second-order valence-electron chi connectivity index (χ2n) is 2.57. The Hall–Kier alpha value is -1.23. The van der Waals surface area contributed by atoms with Gasteiger partial charge in [0.15, 0.2) is 0 Å². The molecule has 1 aromatic rings. The van der Waals surface area contributed by atoms with Crippen molar-refractivity contribution in [2.45, 2.75) is 12.8 Å². The average Bonchev–Trinajstić information content (AvgIpc) is 2.01. The number of rotatable bonds is 1. The van der Waals surface area contributed by atoms with E-state index in [1.54, 1.807) is 0 Å². The number of hydrogen-bond donors (Lipinski definition) is 1. The summed E-state index contributed by atoms with van der Waals surface area (Å²) in [5.74, 6) is 0. The van der Waals surface area contributed by atoms with Crippen LogP contribution < -0.4 is 0 Å². The Morgan fingerprint density at radius 3 is 2.31 bits per heavy atom. The second kappa shape index (κ2) is 3.26. The van der Waals surface area contributed by atoms with Gasteiger partial charge in [-0.15, -0.1) is 5.69 Å². The van der Waals surface area contributed by atoms with E-state index in [-0.39, 0.29) is 11.3 Å². The van der Waals surface area contributed by atoms with Crippen LogP contribution in [0.3, 0.4) is 0 Å². The fourth-order valence-electron chi connectivity index (χ4n) is 0.947. The van der Waals surface area contributed by atoms with Gasteiger partial charge >= 0.3 is 6.18 Å². The van der Waals surface area contributed by atoms with Gasteiger partial charge in [0, 0.05) is 0 Å². The van der Waals surface area contributed by atoms with Gasteiger partial charge in [-0.25, -0.2) is 0 Å². The Balaban J connectivity index is 3.16. The second-order valence-corrected chi connectivity index (χ2v) is 2.57. The zero-order valence-electron chi connectivity index (χ0n) is 6.52. The molecule has 72 valence electrons. The van der Waals surface area contributed by atoms with Gasteiger partial charge in [-0.2, -0.15) is 13.2 Å². The molecule has 0 saturated carbocycles. The predicted molar refractivity (Wildman–Crippen MR) is 41.3 cm³/mol. The molecule has 0 fully saturated rings. The van der Waals surface area contributed by atoms with E-state index in [1.165, 1.54) is 6.07 Å². The van der Waals surface area contributed by atoms with Gasteiger partial charge in [-0.05, 0) is 11.6 Å². The molecule has 0 saturated heterocycles.